The van der Waals surface area contributed by atoms with E-state index < -0.39 is 0 Å². The third-order valence-electron chi connectivity index (χ3n) is 5.84. The third kappa shape index (κ3) is 10.2. The van der Waals surface area contributed by atoms with E-state index in [4.69, 9.17) is 0 Å². The summed E-state index contributed by atoms with van der Waals surface area (Å²) >= 11 is 0. The number of hydrogen-bond acceptors (Lipinski definition) is 4. The minimum atomic E-state index is 0.838. The van der Waals surface area contributed by atoms with Gasteiger partial charge in [0.1, 0.15) is 0 Å². The molecular weight excluding hydrogens is 428 g/mol. The van der Waals surface area contributed by atoms with Gasteiger partial charge in [0.25, 0.3) is 0 Å². The summed E-state index contributed by atoms with van der Waals surface area (Å²) in [4.78, 5) is 4.36. The van der Waals surface area contributed by atoms with Crippen molar-refractivity contribution in [1.29, 1.82) is 0 Å². The number of allylic oxidation sites excluding steroid dienone is 1. The zero-order chi connectivity index (χ0) is 25.5. The zero-order valence-electron chi connectivity index (χ0n) is 22.1. The van der Waals surface area contributed by atoms with Crippen LogP contribution in [0.5, 0.6) is 0 Å². The summed E-state index contributed by atoms with van der Waals surface area (Å²) in [7, 11) is 1.93. The van der Waals surface area contributed by atoms with Crippen LogP contribution in [-0.2, 0) is 6.54 Å². The highest BCUT2D eigenvalue weighted by Gasteiger charge is 1.99. The molecule has 0 saturated carbocycles. The highest BCUT2D eigenvalue weighted by molar-refractivity contribution is 5.68. The zero-order valence-corrected chi connectivity index (χ0v) is 22.1. The Morgan fingerprint density at radius 3 is 2.31 bits per heavy atom. The second kappa shape index (κ2) is 15.5. The molecule has 1 aromatic heterocycles. The van der Waals surface area contributed by atoms with Crippen molar-refractivity contribution in [3.63, 3.8) is 0 Å². The highest BCUT2D eigenvalue weighted by Crippen LogP contribution is 2.18. The fraction of sp³-hybridized carbons (Fsp3) is 0.323. The van der Waals surface area contributed by atoms with E-state index >= 15 is 0 Å². The summed E-state index contributed by atoms with van der Waals surface area (Å²) in [6, 6.07) is 16.9. The lowest BCUT2D eigenvalue weighted by Crippen LogP contribution is -2.16. The van der Waals surface area contributed by atoms with Gasteiger partial charge in [-0.15, -0.1) is 0 Å². The topological polar surface area (TPSA) is 49.0 Å². The van der Waals surface area contributed by atoms with E-state index in [1.54, 1.807) is 0 Å². The van der Waals surface area contributed by atoms with Crippen LogP contribution in [0.1, 0.15) is 53.3 Å². The maximum absolute atomic E-state index is 4.36. The van der Waals surface area contributed by atoms with Gasteiger partial charge in [-0.1, -0.05) is 36.9 Å². The third-order valence-corrected chi connectivity index (χ3v) is 5.84. The quantitative estimate of drug-likeness (QED) is 0.256. The van der Waals surface area contributed by atoms with Crippen molar-refractivity contribution in [2.75, 3.05) is 30.8 Å². The second-order valence-electron chi connectivity index (χ2n) is 8.73. The van der Waals surface area contributed by atoms with Gasteiger partial charge in [-0.05, 0) is 111 Å². The normalized spacial score (nSPS) is 10.5. The molecule has 3 rings (SSSR count). The number of benzene rings is 2. The number of hydrogen-bond donors (Lipinski definition) is 3. The Morgan fingerprint density at radius 1 is 0.857 bits per heavy atom. The SMILES string of the molecule is C=Cc1ccc(NCCCCNCc2cc(C)ccn2)cc1/C=C\C.CNc1ccc(C)c(C)c1. The van der Waals surface area contributed by atoms with Crippen molar-refractivity contribution in [1.82, 2.24) is 10.3 Å². The van der Waals surface area contributed by atoms with Crippen LogP contribution in [0.3, 0.4) is 0 Å². The van der Waals surface area contributed by atoms with E-state index in [-0.39, 0.29) is 0 Å². The van der Waals surface area contributed by atoms with Crippen LogP contribution in [0.2, 0.25) is 0 Å². The van der Waals surface area contributed by atoms with Gasteiger partial charge in [-0.2, -0.15) is 0 Å². The van der Waals surface area contributed by atoms with Crippen molar-refractivity contribution in [3.05, 3.63) is 101 Å². The van der Waals surface area contributed by atoms with E-state index in [1.165, 1.54) is 27.9 Å². The Morgan fingerprint density at radius 2 is 1.63 bits per heavy atom. The molecule has 0 amide bonds. The number of rotatable bonds is 11. The lowest BCUT2D eigenvalue weighted by Gasteiger charge is -2.10. The summed E-state index contributed by atoms with van der Waals surface area (Å²) in [5, 5.41) is 10.1. The summed E-state index contributed by atoms with van der Waals surface area (Å²) in [5.41, 5.74) is 9.77. The maximum Gasteiger partial charge on any atom is 0.0544 e. The van der Waals surface area contributed by atoms with Crippen molar-refractivity contribution < 1.29 is 0 Å². The molecule has 0 aliphatic rings. The number of anilines is 2. The first-order valence-electron chi connectivity index (χ1n) is 12.5. The van der Waals surface area contributed by atoms with E-state index in [0.29, 0.717) is 0 Å². The minimum absolute atomic E-state index is 0.838. The Balaban J connectivity index is 0.000000360. The molecule has 0 radical (unpaired) electrons. The standard InChI is InChI=1S/C22H29N3.C9H13N/c1-4-8-20-16-21(10-9-19(20)5-2)24-13-7-6-12-23-17-22-15-18(3)11-14-25-22;1-7-4-5-9(10-3)6-8(7)2/h4-5,8-11,14-16,23-24H,2,6-7,12-13,17H2,1,3H3;4-6,10H,1-3H3/b8-4-;. The smallest absolute Gasteiger partial charge is 0.0544 e. The Hall–Kier alpha value is -3.37. The Labute approximate surface area is 212 Å². The molecule has 3 N–H and O–H groups in total. The number of unbranched alkanes of at least 4 members (excludes halogenated alkanes) is 1. The minimum Gasteiger partial charge on any atom is -0.388 e. The first-order chi connectivity index (χ1) is 17.0. The van der Waals surface area contributed by atoms with Gasteiger partial charge >= 0.3 is 0 Å². The van der Waals surface area contributed by atoms with Crippen LogP contribution < -0.4 is 16.0 Å². The number of nitrogens with one attached hydrogen (secondary N) is 3. The molecule has 0 atom stereocenters. The molecule has 0 saturated heterocycles. The van der Waals surface area contributed by atoms with Crippen LogP contribution in [0, 0.1) is 20.8 Å². The molecule has 1 heterocycles. The first-order valence-corrected chi connectivity index (χ1v) is 12.5. The van der Waals surface area contributed by atoms with Crippen LogP contribution in [-0.4, -0.2) is 25.1 Å². The molecule has 35 heavy (non-hydrogen) atoms. The monoisotopic (exact) mass is 470 g/mol. The van der Waals surface area contributed by atoms with E-state index in [2.05, 4.69) is 103 Å². The van der Waals surface area contributed by atoms with Gasteiger partial charge in [0.2, 0.25) is 0 Å². The molecule has 186 valence electrons. The van der Waals surface area contributed by atoms with E-state index in [0.717, 1.165) is 49.4 Å². The molecule has 0 spiro atoms. The second-order valence-corrected chi connectivity index (χ2v) is 8.73. The van der Waals surface area contributed by atoms with Crippen LogP contribution in [0.25, 0.3) is 12.2 Å². The number of aromatic nitrogens is 1. The summed E-state index contributed by atoms with van der Waals surface area (Å²) in [6.45, 7) is 15.1. The number of pyridine rings is 1. The van der Waals surface area contributed by atoms with E-state index in [1.807, 2.05) is 32.3 Å². The highest BCUT2D eigenvalue weighted by atomic mass is 14.9. The van der Waals surface area contributed by atoms with Crippen molar-refractivity contribution in [3.8, 4) is 0 Å². The van der Waals surface area contributed by atoms with Crippen molar-refractivity contribution in [2.24, 2.45) is 0 Å². The van der Waals surface area contributed by atoms with Crippen molar-refractivity contribution >= 4 is 23.5 Å². The molecule has 0 aliphatic heterocycles. The summed E-state index contributed by atoms with van der Waals surface area (Å²) in [5.74, 6) is 0. The van der Waals surface area contributed by atoms with Gasteiger partial charge in [0.05, 0.1) is 5.69 Å². The van der Waals surface area contributed by atoms with Gasteiger partial charge < -0.3 is 16.0 Å². The fourth-order valence-electron chi connectivity index (χ4n) is 3.61. The predicted octanol–water partition coefficient (Wildman–Crippen LogP) is 7.39. The molecular formula is C31H42N4. The predicted molar refractivity (Wildman–Crippen MR) is 155 cm³/mol. The van der Waals surface area contributed by atoms with Gasteiger partial charge in [-0.25, -0.2) is 0 Å². The average molecular weight is 471 g/mol. The Kier molecular flexibility index (Phi) is 12.4. The van der Waals surface area contributed by atoms with Crippen LogP contribution in [0.15, 0.2) is 67.4 Å². The first kappa shape index (κ1) is 27.9. The van der Waals surface area contributed by atoms with E-state index in [9.17, 15) is 0 Å². The molecule has 0 aliphatic carbocycles. The molecule has 0 unspecified atom stereocenters. The molecule has 4 nitrogen and oxygen atoms in total. The van der Waals surface area contributed by atoms with Gasteiger partial charge in [0.15, 0.2) is 0 Å². The summed E-state index contributed by atoms with van der Waals surface area (Å²) in [6.07, 6.45) is 10.2. The summed E-state index contributed by atoms with van der Waals surface area (Å²) < 4.78 is 0. The van der Waals surface area contributed by atoms with Crippen LogP contribution >= 0.6 is 0 Å². The number of aryl methyl sites for hydroxylation is 3. The lowest BCUT2D eigenvalue weighted by atomic mass is 10.1. The molecule has 0 bridgehead atoms. The maximum atomic E-state index is 4.36. The largest absolute Gasteiger partial charge is 0.388 e. The molecule has 4 heteroatoms. The Bertz CT molecular complexity index is 1090. The lowest BCUT2D eigenvalue weighted by molar-refractivity contribution is 0.625. The molecule has 0 fully saturated rings. The van der Waals surface area contributed by atoms with Gasteiger partial charge in [0, 0.05) is 37.7 Å². The molecule has 3 aromatic rings. The average Bonchev–Trinajstić information content (AvgIpc) is 2.86. The fourth-order valence-corrected chi connectivity index (χ4v) is 3.61. The van der Waals surface area contributed by atoms with Gasteiger partial charge in [-0.3, -0.25) is 4.98 Å². The van der Waals surface area contributed by atoms with Crippen LogP contribution in [0.4, 0.5) is 11.4 Å². The molecule has 2 aromatic carbocycles. The van der Waals surface area contributed by atoms with Crippen molar-refractivity contribution in [2.45, 2.75) is 47.1 Å². The number of nitrogens with zero attached hydrogens (tertiary/aromatic N) is 1.